The molecule has 124 valence electrons. The highest BCUT2D eigenvalue weighted by atomic mass is 32.1. The van der Waals surface area contributed by atoms with Crippen molar-refractivity contribution in [2.75, 3.05) is 6.54 Å². The highest BCUT2D eigenvalue weighted by Gasteiger charge is 2.21. The van der Waals surface area contributed by atoms with Crippen LogP contribution in [0, 0.1) is 11.6 Å². The van der Waals surface area contributed by atoms with Gasteiger partial charge in [0.05, 0.1) is 17.8 Å². The molecular weight excluding hydrogens is 332 g/mol. The lowest BCUT2D eigenvalue weighted by atomic mass is 10.1. The average Bonchev–Trinajstić information content (AvgIpc) is 2.93. The Morgan fingerprint density at radius 1 is 1.29 bits per heavy atom. The second kappa shape index (κ2) is 5.75. The van der Waals surface area contributed by atoms with Gasteiger partial charge in [-0.15, -0.1) is 11.3 Å². The lowest BCUT2D eigenvalue weighted by Crippen LogP contribution is -2.26. The molecule has 0 saturated carbocycles. The maximum Gasteiger partial charge on any atom is 0.262 e. The largest absolute Gasteiger partial charge is 0.312 e. The van der Waals surface area contributed by atoms with Crippen LogP contribution in [-0.4, -0.2) is 16.1 Å². The Labute approximate surface area is 140 Å². The highest BCUT2D eigenvalue weighted by Crippen LogP contribution is 2.30. The van der Waals surface area contributed by atoms with E-state index in [0.717, 1.165) is 40.8 Å². The van der Waals surface area contributed by atoms with Crippen molar-refractivity contribution < 1.29 is 8.78 Å². The molecule has 0 unspecified atom stereocenters. The van der Waals surface area contributed by atoms with Crippen LogP contribution in [0.1, 0.15) is 29.0 Å². The molecule has 1 atom stereocenters. The summed E-state index contributed by atoms with van der Waals surface area (Å²) < 4.78 is 28.4. The zero-order chi connectivity index (χ0) is 16.8. The zero-order valence-electron chi connectivity index (χ0n) is 13.0. The van der Waals surface area contributed by atoms with Crippen LogP contribution in [0.25, 0.3) is 10.2 Å². The van der Waals surface area contributed by atoms with Crippen LogP contribution in [0.15, 0.2) is 29.3 Å². The number of benzene rings is 1. The molecule has 1 N–H and O–H groups in total. The topological polar surface area (TPSA) is 46.9 Å². The van der Waals surface area contributed by atoms with E-state index in [1.54, 1.807) is 6.92 Å². The summed E-state index contributed by atoms with van der Waals surface area (Å²) >= 11 is 1.53. The summed E-state index contributed by atoms with van der Waals surface area (Å²) in [5, 5.41) is 3.93. The molecule has 1 aromatic carbocycles. The fraction of sp³-hybridized carbons (Fsp3) is 0.294. The van der Waals surface area contributed by atoms with E-state index in [9.17, 15) is 13.6 Å². The van der Waals surface area contributed by atoms with E-state index in [1.165, 1.54) is 34.4 Å². The molecule has 3 aromatic rings. The summed E-state index contributed by atoms with van der Waals surface area (Å²) in [7, 11) is 0. The Balaban J connectivity index is 1.87. The number of thiophene rings is 1. The first kappa shape index (κ1) is 15.4. The molecule has 1 aliphatic rings. The predicted molar refractivity (Wildman–Crippen MR) is 89.5 cm³/mol. The van der Waals surface area contributed by atoms with Crippen molar-refractivity contribution in [2.45, 2.75) is 25.9 Å². The van der Waals surface area contributed by atoms with Crippen LogP contribution in [0.2, 0.25) is 0 Å². The number of hydrogen-bond acceptors (Lipinski definition) is 4. The van der Waals surface area contributed by atoms with Crippen LogP contribution in [0.4, 0.5) is 8.78 Å². The van der Waals surface area contributed by atoms with Crippen molar-refractivity contribution in [1.82, 2.24) is 14.9 Å². The molecule has 4 rings (SSSR count). The zero-order valence-corrected chi connectivity index (χ0v) is 13.8. The smallest absolute Gasteiger partial charge is 0.262 e. The maximum atomic E-state index is 13.5. The normalized spacial score (nSPS) is 15.5. The van der Waals surface area contributed by atoms with E-state index < -0.39 is 17.7 Å². The van der Waals surface area contributed by atoms with Gasteiger partial charge in [0.25, 0.3) is 5.56 Å². The molecule has 0 radical (unpaired) electrons. The summed E-state index contributed by atoms with van der Waals surface area (Å²) in [5.41, 5.74) is 1.30. The predicted octanol–water partition coefficient (Wildman–Crippen LogP) is 2.99. The fourth-order valence-electron chi connectivity index (χ4n) is 3.18. The van der Waals surface area contributed by atoms with Gasteiger partial charge < -0.3 is 5.32 Å². The fourth-order valence-corrected chi connectivity index (χ4v) is 4.33. The van der Waals surface area contributed by atoms with Crippen LogP contribution in [0.5, 0.6) is 0 Å². The number of nitrogens with one attached hydrogen (secondary N) is 1. The standard InChI is InChI=1S/C17H15F2N3OS/c1-9(10-4-11(18)6-12(19)5-10)22-8-21-16-15(17(22)23)13-2-3-20-7-14(13)24-16/h4-6,8-9,20H,2-3,7H2,1H3/t9-/m1/s1. The quantitative estimate of drug-likeness (QED) is 0.775. The molecule has 3 heterocycles. The monoisotopic (exact) mass is 347 g/mol. The lowest BCUT2D eigenvalue weighted by Gasteiger charge is -2.16. The molecular formula is C17H15F2N3OS. The van der Waals surface area contributed by atoms with Gasteiger partial charge in [-0.2, -0.15) is 0 Å². The first-order chi connectivity index (χ1) is 11.5. The second-order valence-electron chi connectivity index (χ2n) is 5.95. The number of rotatable bonds is 2. The van der Waals surface area contributed by atoms with Crippen LogP contribution < -0.4 is 10.9 Å². The number of fused-ring (bicyclic) bond motifs is 3. The first-order valence-corrected chi connectivity index (χ1v) is 8.54. The van der Waals surface area contributed by atoms with Crippen molar-refractivity contribution in [3.8, 4) is 0 Å². The van der Waals surface area contributed by atoms with Crippen LogP contribution >= 0.6 is 11.3 Å². The van der Waals surface area contributed by atoms with Crippen LogP contribution in [0.3, 0.4) is 0 Å². The van der Waals surface area contributed by atoms with E-state index in [4.69, 9.17) is 0 Å². The summed E-state index contributed by atoms with van der Waals surface area (Å²) in [6.07, 6.45) is 2.26. The molecule has 2 aromatic heterocycles. The lowest BCUT2D eigenvalue weighted by molar-refractivity contribution is 0.558. The van der Waals surface area contributed by atoms with Gasteiger partial charge in [0, 0.05) is 17.5 Å². The third-order valence-corrected chi connectivity index (χ3v) is 5.58. The van der Waals surface area contributed by atoms with Gasteiger partial charge in [-0.1, -0.05) is 0 Å². The molecule has 0 fully saturated rings. The molecule has 1 aliphatic heterocycles. The Kier molecular flexibility index (Phi) is 3.69. The van der Waals surface area contributed by atoms with Gasteiger partial charge >= 0.3 is 0 Å². The number of nitrogens with zero attached hydrogens (tertiary/aromatic N) is 2. The van der Waals surface area contributed by atoms with Gasteiger partial charge in [0.1, 0.15) is 16.5 Å². The van der Waals surface area contributed by atoms with Crippen LogP contribution in [-0.2, 0) is 13.0 Å². The van der Waals surface area contributed by atoms with Gasteiger partial charge in [0.15, 0.2) is 0 Å². The van der Waals surface area contributed by atoms with E-state index in [1.807, 2.05) is 0 Å². The summed E-state index contributed by atoms with van der Waals surface area (Å²) in [4.78, 5) is 19.2. The molecule has 0 saturated heterocycles. The van der Waals surface area contributed by atoms with Gasteiger partial charge in [-0.25, -0.2) is 13.8 Å². The Hall–Kier alpha value is -2.12. The molecule has 7 heteroatoms. The molecule has 0 spiro atoms. The molecule has 4 nitrogen and oxygen atoms in total. The minimum absolute atomic E-state index is 0.156. The minimum Gasteiger partial charge on any atom is -0.312 e. The number of aromatic nitrogens is 2. The van der Waals surface area contributed by atoms with Crippen molar-refractivity contribution in [3.05, 3.63) is 62.5 Å². The summed E-state index contributed by atoms with van der Waals surface area (Å²) in [6, 6.07) is 2.81. The Morgan fingerprint density at radius 2 is 2.04 bits per heavy atom. The summed E-state index contributed by atoms with van der Waals surface area (Å²) in [5.74, 6) is -1.31. The van der Waals surface area contributed by atoms with Gasteiger partial charge in [-0.05, 0) is 43.1 Å². The SMILES string of the molecule is C[C@H](c1cc(F)cc(F)c1)n1cnc2sc3c(c2c1=O)CCNC3. The van der Waals surface area contributed by atoms with Gasteiger partial charge in [0.2, 0.25) is 0 Å². The Morgan fingerprint density at radius 3 is 2.79 bits per heavy atom. The van der Waals surface area contributed by atoms with E-state index in [-0.39, 0.29) is 5.56 Å². The number of hydrogen-bond donors (Lipinski definition) is 1. The van der Waals surface area contributed by atoms with Crippen molar-refractivity contribution in [1.29, 1.82) is 0 Å². The Bertz CT molecular complexity index is 975. The summed E-state index contributed by atoms with van der Waals surface area (Å²) in [6.45, 7) is 3.32. The molecule has 0 amide bonds. The van der Waals surface area contributed by atoms with E-state index in [2.05, 4.69) is 10.3 Å². The molecule has 24 heavy (non-hydrogen) atoms. The van der Waals surface area contributed by atoms with E-state index in [0.29, 0.717) is 10.9 Å². The maximum absolute atomic E-state index is 13.5. The number of halogens is 2. The van der Waals surface area contributed by atoms with Crippen molar-refractivity contribution in [3.63, 3.8) is 0 Å². The van der Waals surface area contributed by atoms with E-state index >= 15 is 0 Å². The van der Waals surface area contributed by atoms with Gasteiger partial charge in [-0.3, -0.25) is 9.36 Å². The highest BCUT2D eigenvalue weighted by molar-refractivity contribution is 7.18. The van der Waals surface area contributed by atoms with Crippen molar-refractivity contribution in [2.24, 2.45) is 0 Å². The molecule has 0 aliphatic carbocycles. The second-order valence-corrected chi connectivity index (χ2v) is 7.03. The third kappa shape index (κ3) is 2.44. The third-order valence-electron chi connectivity index (χ3n) is 4.44. The first-order valence-electron chi connectivity index (χ1n) is 7.72. The minimum atomic E-state index is -0.655. The average molecular weight is 347 g/mol. The molecule has 0 bridgehead atoms. The van der Waals surface area contributed by atoms with Crippen molar-refractivity contribution >= 4 is 21.6 Å².